The molecule has 0 saturated heterocycles. The van der Waals surface area contributed by atoms with Gasteiger partial charge in [-0.05, 0) is 27.4 Å². The fraction of sp³-hybridized carbons (Fsp3) is 0.182. The lowest BCUT2D eigenvalue weighted by molar-refractivity contribution is 0.0607. The summed E-state index contributed by atoms with van der Waals surface area (Å²) in [7, 11) is 2.96. The zero-order valence-corrected chi connectivity index (χ0v) is 12.5. The minimum atomic E-state index is -0.477. The van der Waals surface area contributed by atoms with Crippen molar-refractivity contribution >= 4 is 44.8 Å². The Morgan fingerprint density at radius 1 is 1.53 bits per heavy atom. The van der Waals surface area contributed by atoms with Crippen LogP contribution in [0.5, 0.6) is 0 Å². The number of anilines is 1. The van der Waals surface area contributed by atoms with Crippen molar-refractivity contribution < 1.29 is 14.3 Å². The molecule has 0 saturated carbocycles. The van der Waals surface area contributed by atoms with Gasteiger partial charge in [0, 0.05) is 7.05 Å². The molecule has 19 heavy (non-hydrogen) atoms. The van der Waals surface area contributed by atoms with Crippen LogP contribution in [-0.4, -0.2) is 28.8 Å². The van der Waals surface area contributed by atoms with E-state index in [1.807, 2.05) is 0 Å². The van der Waals surface area contributed by atoms with Crippen LogP contribution in [0.3, 0.4) is 0 Å². The third-order valence-corrected chi connectivity index (χ3v) is 3.87. The minimum absolute atomic E-state index is 0.351. The van der Waals surface area contributed by atoms with Crippen molar-refractivity contribution in [2.45, 2.75) is 0 Å². The molecule has 2 heterocycles. The third kappa shape index (κ3) is 2.69. The van der Waals surface area contributed by atoms with E-state index in [1.165, 1.54) is 29.3 Å². The van der Waals surface area contributed by atoms with E-state index >= 15 is 0 Å². The predicted octanol–water partition coefficient (Wildman–Crippen LogP) is 2.28. The number of esters is 1. The van der Waals surface area contributed by atoms with Crippen LogP contribution in [0.1, 0.15) is 20.2 Å². The topological polar surface area (TPSA) is 73.2 Å². The molecule has 1 N–H and O–H groups in total. The number of aryl methyl sites for hydroxylation is 1. The highest BCUT2D eigenvalue weighted by Gasteiger charge is 2.19. The molecule has 0 aromatic carbocycles. The highest BCUT2D eigenvalue weighted by Crippen LogP contribution is 2.24. The van der Waals surface area contributed by atoms with Gasteiger partial charge in [0.2, 0.25) is 0 Å². The van der Waals surface area contributed by atoms with Gasteiger partial charge < -0.3 is 10.1 Å². The number of hydrogen-bond donors (Lipinski definition) is 1. The molecule has 0 radical (unpaired) electrons. The summed E-state index contributed by atoms with van der Waals surface area (Å²) in [5, 5.41) is 8.34. The van der Waals surface area contributed by atoms with Crippen molar-refractivity contribution in [2.75, 3.05) is 12.4 Å². The first-order valence-corrected chi connectivity index (χ1v) is 6.86. The fourth-order valence-corrected chi connectivity index (χ4v) is 2.80. The monoisotopic (exact) mass is 343 g/mol. The quantitative estimate of drug-likeness (QED) is 0.867. The van der Waals surface area contributed by atoms with Crippen molar-refractivity contribution in [1.29, 1.82) is 0 Å². The van der Waals surface area contributed by atoms with Crippen LogP contribution < -0.4 is 5.32 Å². The number of halogens is 1. The van der Waals surface area contributed by atoms with Crippen molar-refractivity contribution in [2.24, 2.45) is 7.05 Å². The van der Waals surface area contributed by atoms with Crippen LogP contribution in [-0.2, 0) is 11.8 Å². The maximum absolute atomic E-state index is 12.1. The summed E-state index contributed by atoms with van der Waals surface area (Å²) in [6, 6.07) is 1.65. The first-order chi connectivity index (χ1) is 9.04. The number of rotatable bonds is 3. The predicted molar refractivity (Wildman–Crippen MR) is 74.5 cm³/mol. The Hall–Kier alpha value is -1.67. The lowest BCUT2D eigenvalue weighted by Crippen LogP contribution is -2.17. The largest absolute Gasteiger partial charge is 0.465 e. The van der Waals surface area contributed by atoms with E-state index in [0.29, 0.717) is 20.7 Å². The maximum Gasteiger partial charge on any atom is 0.350 e. The van der Waals surface area contributed by atoms with E-state index in [2.05, 4.69) is 31.1 Å². The van der Waals surface area contributed by atoms with Gasteiger partial charge in [0.1, 0.15) is 10.6 Å². The standard InChI is InChI=1S/C11H10BrN3O3S/c1-15-8(6(12)5-13-15)10(16)14-7-3-4-19-9(7)11(17)18-2/h3-5H,1-2H3,(H,14,16). The minimum Gasteiger partial charge on any atom is -0.465 e. The number of amides is 1. The smallest absolute Gasteiger partial charge is 0.350 e. The van der Waals surface area contributed by atoms with Gasteiger partial charge in [-0.2, -0.15) is 5.10 Å². The number of hydrogen-bond acceptors (Lipinski definition) is 5. The van der Waals surface area contributed by atoms with E-state index < -0.39 is 5.97 Å². The van der Waals surface area contributed by atoms with Crippen molar-refractivity contribution in [1.82, 2.24) is 9.78 Å². The van der Waals surface area contributed by atoms with E-state index in [-0.39, 0.29) is 5.91 Å². The van der Waals surface area contributed by atoms with Crippen molar-refractivity contribution in [3.05, 3.63) is 32.7 Å². The Bertz CT molecular complexity index is 615. The molecule has 0 fully saturated rings. The summed E-state index contributed by atoms with van der Waals surface area (Å²) in [5.74, 6) is -0.829. The van der Waals surface area contributed by atoms with Crippen LogP contribution in [0.25, 0.3) is 0 Å². The summed E-state index contributed by atoms with van der Waals surface area (Å²) < 4.78 is 6.68. The molecule has 0 spiro atoms. The van der Waals surface area contributed by atoms with Crippen LogP contribution in [0.4, 0.5) is 5.69 Å². The van der Waals surface area contributed by atoms with E-state index in [1.54, 1.807) is 18.5 Å². The second kappa shape index (κ2) is 5.54. The number of aromatic nitrogens is 2. The van der Waals surface area contributed by atoms with Gasteiger partial charge >= 0.3 is 5.97 Å². The van der Waals surface area contributed by atoms with Crippen LogP contribution >= 0.6 is 27.3 Å². The number of carbonyl (C=O) groups excluding carboxylic acids is 2. The van der Waals surface area contributed by atoms with Gasteiger partial charge in [-0.15, -0.1) is 11.3 Å². The highest BCUT2D eigenvalue weighted by atomic mass is 79.9. The second-order valence-electron chi connectivity index (χ2n) is 3.57. The number of nitrogens with one attached hydrogen (secondary N) is 1. The number of nitrogens with zero attached hydrogens (tertiary/aromatic N) is 2. The molecule has 2 rings (SSSR count). The molecular weight excluding hydrogens is 334 g/mol. The molecule has 100 valence electrons. The molecular formula is C11H10BrN3O3S. The average Bonchev–Trinajstić information content (AvgIpc) is 2.95. The second-order valence-corrected chi connectivity index (χ2v) is 5.34. The summed E-state index contributed by atoms with van der Waals surface area (Å²) in [4.78, 5) is 24.0. The highest BCUT2D eigenvalue weighted by molar-refractivity contribution is 9.10. The summed E-state index contributed by atoms with van der Waals surface area (Å²) in [5.41, 5.74) is 0.803. The summed E-state index contributed by atoms with van der Waals surface area (Å²) in [6.45, 7) is 0. The molecule has 8 heteroatoms. The first-order valence-electron chi connectivity index (χ1n) is 5.19. The number of methoxy groups -OCH3 is 1. The molecule has 0 aliphatic rings. The van der Waals surface area contributed by atoms with Crippen LogP contribution in [0.2, 0.25) is 0 Å². The lowest BCUT2D eigenvalue weighted by Gasteiger charge is -2.06. The third-order valence-electron chi connectivity index (χ3n) is 2.39. The van der Waals surface area contributed by atoms with Gasteiger partial charge in [-0.1, -0.05) is 0 Å². The molecule has 0 unspecified atom stereocenters. The Kier molecular flexibility index (Phi) is 4.01. The number of carbonyl (C=O) groups is 2. The zero-order valence-electron chi connectivity index (χ0n) is 10.1. The molecule has 0 bridgehead atoms. The zero-order chi connectivity index (χ0) is 14.0. The van der Waals surface area contributed by atoms with Crippen molar-refractivity contribution in [3.63, 3.8) is 0 Å². The van der Waals surface area contributed by atoms with E-state index in [4.69, 9.17) is 0 Å². The first kappa shape index (κ1) is 13.8. The summed E-state index contributed by atoms with van der Waals surface area (Å²) in [6.07, 6.45) is 1.53. The van der Waals surface area contributed by atoms with Gasteiger partial charge in [0.15, 0.2) is 0 Å². The molecule has 0 atom stereocenters. The molecule has 1 amide bonds. The van der Waals surface area contributed by atoms with Gasteiger partial charge in [0.25, 0.3) is 5.91 Å². The van der Waals surface area contributed by atoms with Crippen LogP contribution in [0, 0.1) is 0 Å². The van der Waals surface area contributed by atoms with Gasteiger partial charge in [-0.25, -0.2) is 4.79 Å². The average molecular weight is 344 g/mol. The number of thiophene rings is 1. The molecule has 0 aliphatic heterocycles. The fourth-order valence-electron chi connectivity index (χ4n) is 1.51. The molecule has 6 nitrogen and oxygen atoms in total. The molecule has 2 aromatic heterocycles. The summed E-state index contributed by atoms with van der Waals surface area (Å²) >= 11 is 4.46. The maximum atomic E-state index is 12.1. The van der Waals surface area contributed by atoms with Gasteiger partial charge in [0.05, 0.1) is 23.5 Å². The SMILES string of the molecule is COC(=O)c1sccc1NC(=O)c1c(Br)cnn1C. The normalized spacial score (nSPS) is 10.3. The Labute approximate surface area is 121 Å². The lowest BCUT2D eigenvalue weighted by atomic mass is 10.3. The Morgan fingerprint density at radius 3 is 2.84 bits per heavy atom. The van der Waals surface area contributed by atoms with Crippen molar-refractivity contribution in [3.8, 4) is 0 Å². The van der Waals surface area contributed by atoms with E-state index in [0.717, 1.165) is 0 Å². The molecule has 2 aromatic rings. The molecule has 0 aliphatic carbocycles. The van der Waals surface area contributed by atoms with Crippen LogP contribution in [0.15, 0.2) is 22.1 Å². The number of ether oxygens (including phenoxy) is 1. The van der Waals surface area contributed by atoms with Gasteiger partial charge in [-0.3, -0.25) is 9.48 Å². The Balaban J connectivity index is 2.25. The van der Waals surface area contributed by atoms with E-state index in [9.17, 15) is 9.59 Å². The Morgan fingerprint density at radius 2 is 2.26 bits per heavy atom.